The van der Waals surface area contributed by atoms with Crippen molar-refractivity contribution in [1.29, 1.82) is 0 Å². The zero-order valence-corrected chi connectivity index (χ0v) is 17.6. The van der Waals surface area contributed by atoms with Crippen molar-refractivity contribution < 1.29 is 4.79 Å². The fourth-order valence-corrected chi connectivity index (χ4v) is 4.22. The molecule has 1 aromatic heterocycles. The van der Waals surface area contributed by atoms with Crippen LogP contribution in [0.2, 0.25) is 0 Å². The minimum absolute atomic E-state index is 0.0447. The van der Waals surface area contributed by atoms with E-state index in [9.17, 15) is 4.79 Å². The Morgan fingerprint density at radius 2 is 1.54 bits per heavy atom. The molecule has 0 aliphatic carbocycles. The first-order chi connectivity index (χ1) is 13.7. The van der Waals surface area contributed by atoms with Crippen molar-refractivity contribution in [1.82, 2.24) is 9.97 Å². The summed E-state index contributed by atoms with van der Waals surface area (Å²) in [4.78, 5) is 26.2. The molecule has 4 rings (SSSR count). The molecule has 0 atom stereocenters. The van der Waals surface area contributed by atoms with Crippen LogP contribution in [0.4, 0.5) is 17.3 Å². The third kappa shape index (κ3) is 4.63. The van der Waals surface area contributed by atoms with Crippen LogP contribution in [0.5, 0.6) is 0 Å². The van der Waals surface area contributed by atoms with Crippen LogP contribution in [0.1, 0.15) is 32.1 Å². The number of benzene rings is 1. The van der Waals surface area contributed by atoms with Gasteiger partial charge in [-0.25, -0.2) is 9.97 Å². The maximum atomic E-state index is 12.6. The normalized spacial score (nSPS) is 18.2. The minimum atomic E-state index is 0.0447. The van der Waals surface area contributed by atoms with Gasteiger partial charge in [-0.2, -0.15) is 0 Å². The second-order valence-electron chi connectivity index (χ2n) is 7.54. The Balaban J connectivity index is 1.33. The number of halogens is 1. The van der Waals surface area contributed by atoms with E-state index < -0.39 is 0 Å². The van der Waals surface area contributed by atoms with E-state index in [4.69, 9.17) is 0 Å². The van der Waals surface area contributed by atoms with Gasteiger partial charge in [0.25, 0.3) is 0 Å². The number of anilines is 3. The number of hydrogen-bond donors (Lipinski definition) is 1. The van der Waals surface area contributed by atoms with E-state index in [-0.39, 0.29) is 11.8 Å². The molecule has 0 bridgehead atoms. The van der Waals surface area contributed by atoms with Gasteiger partial charge in [0.2, 0.25) is 5.91 Å². The number of piperidine rings is 2. The van der Waals surface area contributed by atoms with Crippen molar-refractivity contribution in [3.05, 3.63) is 41.1 Å². The second-order valence-corrected chi connectivity index (χ2v) is 8.46. The third-order valence-corrected chi connectivity index (χ3v) is 6.15. The first-order valence-electron chi connectivity index (χ1n) is 10.1. The van der Waals surface area contributed by atoms with E-state index in [1.165, 1.54) is 19.3 Å². The highest BCUT2D eigenvalue weighted by Gasteiger charge is 2.26. The maximum Gasteiger partial charge on any atom is 0.227 e. The minimum Gasteiger partial charge on any atom is -0.356 e. The molecule has 2 aliphatic heterocycles. The van der Waals surface area contributed by atoms with Gasteiger partial charge in [-0.1, -0.05) is 15.9 Å². The summed E-state index contributed by atoms with van der Waals surface area (Å²) in [6.45, 7) is 3.84. The molecule has 1 amide bonds. The SMILES string of the molecule is O=C(Nc1ccc(Br)cc1)C1CCN(c2cc(N3CCCCC3)ncn2)CC1. The van der Waals surface area contributed by atoms with Gasteiger partial charge in [-0.15, -0.1) is 0 Å². The van der Waals surface area contributed by atoms with Gasteiger partial charge < -0.3 is 15.1 Å². The van der Waals surface area contributed by atoms with E-state index in [0.717, 1.165) is 60.8 Å². The van der Waals surface area contributed by atoms with E-state index in [1.54, 1.807) is 6.33 Å². The fraction of sp³-hybridized carbons (Fsp3) is 0.476. The summed E-state index contributed by atoms with van der Waals surface area (Å²) in [5.41, 5.74) is 0.845. The van der Waals surface area contributed by atoms with Crippen molar-refractivity contribution in [3.8, 4) is 0 Å². The van der Waals surface area contributed by atoms with E-state index in [1.807, 2.05) is 24.3 Å². The van der Waals surface area contributed by atoms with Crippen molar-refractivity contribution in [2.75, 3.05) is 41.3 Å². The van der Waals surface area contributed by atoms with Gasteiger partial charge in [0, 0.05) is 48.3 Å². The van der Waals surface area contributed by atoms with E-state index >= 15 is 0 Å². The van der Waals surface area contributed by atoms with E-state index in [2.05, 4.69) is 47.1 Å². The predicted molar refractivity (Wildman–Crippen MR) is 116 cm³/mol. The van der Waals surface area contributed by atoms with Crippen molar-refractivity contribution >= 4 is 39.2 Å². The van der Waals surface area contributed by atoms with Gasteiger partial charge in [0.15, 0.2) is 0 Å². The summed E-state index contributed by atoms with van der Waals surface area (Å²) in [5.74, 6) is 2.16. The highest BCUT2D eigenvalue weighted by atomic mass is 79.9. The lowest BCUT2D eigenvalue weighted by Gasteiger charge is -2.33. The van der Waals surface area contributed by atoms with Gasteiger partial charge in [-0.05, 0) is 56.4 Å². The summed E-state index contributed by atoms with van der Waals surface area (Å²) >= 11 is 3.42. The number of hydrogen-bond acceptors (Lipinski definition) is 5. The van der Waals surface area contributed by atoms with Crippen molar-refractivity contribution in [2.24, 2.45) is 5.92 Å². The van der Waals surface area contributed by atoms with Crippen molar-refractivity contribution in [3.63, 3.8) is 0 Å². The molecule has 2 fully saturated rings. The molecule has 2 aromatic rings. The lowest BCUT2D eigenvalue weighted by molar-refractivity contribution is -0.120. The lowest BCUT2D eigenvalue weighted by atomic mass is 9.96. The Bertz CT molecular complexity index is 799. The summed E-state index contributed by atoms with van der Waals surface area (Å²) in [7, 11) is 0. The standard InChI is InChI=1S/C21H26BrN5O/c22-17-4-6-18(7-5-17)25-21(28)16-8-12-27(13-9-16)20-14-19(23-15-24-20)26-10-2-1-3-11-26/h4-7,14-16H,1-3,8-13H2,(H,25,28). The summed E-state index contributed by atoms with van der Waals surface area (Å²) in [5, 5.41) is 3.03. The highest BCUT2D eigenvalue weighted by molar-refractivity contribution is 9.10. The first-order valence-corrected chi connectivity index (χ1v) is 10.9. The van der Waals surface area contributed by atoms with Crippen LogP contribution in [0.25, 0.3) is 0 Å². The second kappa shape index (κ2) is 8.90. The quantitative estimate of drug-likeness (QED) is 0.770. The predicted octanol–water partition coefficient (Wildman–Crippen LogP) is 4.08. The zero-order chi connectivity index (χ0) is 19.3. The maximum absolute atomic E-state index is 12.6. The molecule has 0 saturated carbocycles. The molecular formula is C21H26BrN5O. The third-order valence-electron chi connectivity index (χ3n) is 5.62. The van der Waals surface area contributed by atoms with Crippen LogP contribution in [0, 0.1) is 5.92 Å². The fourth-order valence-electron chi connectivity index (χ4n) is 3.95. The molecule has 3 heterocycles. The summed E-state index contributed by atoms with van der Waals surface area (Å²) in [6.07, 6.45) is 7.13. The van der Waals surface area contributed by atoms with Crippen LogP contribution in [0.3, 0.4) is 0 Å². The number of amides is 1. The molecule has 28 heavy (non-hydrogen) atoms. The van der Waals surface area contributed by atoms with Gasteiger partial charge in [-0.3, -0.25) is 4.79 Å². The van der Waals surface area contributed by atoms with Crippen LogP contribution >= 0.6 is 15.9 Å². The van der Waals surface area contributed by atoms with Gasteiger partial charge >= 0.3 is 0 Å². The summed E-state index contributed by atoms with van der Waals surface area (Å²) in [6, 6.07) is 9.81. The molecule has 7 heteroatoms. The summed E-state index contributed by atoms with van der Waals surface area (Å²) < 4.78 is 1.01. The van der Waals surface area contributed by atoms with Gasteiger partial charge in [0.1, 0.15) is 18.0 Å². The number of nitrogens with one attached hydrogen (secondary N) is 1. The monoisotopic (exact) mass is 443 g/mol. The molecule has 0 unspecified atom stereocenters. The first kappa shape index (κ1) is 19.2. The molecule has 0 spiro atoms. The average Bonchev–Trinajstić information content (AvgIpc) is 2.76. The molecule has 1 N–H and O–H groups in total. The Hall–Kier alpha value is -2.15. The molecule has 6 nitrogen and oxygen atoms in total. The molecular weight excluding hydrogens is 418 g/mol. The molecule has 0 radical (unpaired) electrons. The number of nitrogens with zero attached hydrogens (tertiary/aromatic N) is 4. The number of rotatable bonds is 4. The zero-order valence-electron chi connectivity index (χ0n) is 16.0. The van der Waals surface area contributed by atoms with Crippen LogP contribution in [0.15, 0.2) is 41.1 Å². The van der Waals surface area contributed by atoms with Crippen molar-refractivity contribution in [2.45, 2.75) is 32.1 Å². The molecule has 1 aromatic carbocycles. The average molecular weight is 444 g/mol. The Morgan fingerprint density at radius 1 is 0.929 bits per heavy atom. The number of carbonyl (C=O) groups excluding carboxylic acids is 1. The van der Waals surface area contributed by atoms with E-state index in [0.29, 0.717) is 0 Å². The number of aromatic nitrogens is 2. The molecule has 148 valence electrons. The Labute approximate surface area is 174 Å². The molecule has 2 aliphatic rings. The topological polar surface area (TPSA) is 61.4 Å². The lowest BCUT2D eigenvalue weighted by Crippen LogP contribution is -2.39. The number of carbonyl (C=O) groups is 1. The smallest absolute Gasteiger partial charge is 0.227 e. The Kier molecular flexibility index (Phi) is 6.10. The largest absolute Gasteiger partial charge is 0.356 e. The van der Waals surface area contributed by atoms with Gasteiger partial charge in [0.05, 0.1) is 0 Å². The highest BCUT2D eigenvalue weighted by Crippen LogP contribution is 2.26. The van der Waals surface area contributed by atoms with Crippen LogP contribution < -0.4 is 15.1 Å². The van der Waals surface area contributed by atoms with Crippen LogP contribution in [-0.4, -0.2) is 42.1 Å². The van der Waals surface area contributed by atoms with Crippen LogP contribution in [-0.2, 0) is 4.79 Å². The molecule has 2 saturated heterocycles. The Morgan fingerprint density at radius 3 is 2.18 bits per heavy atom.